The van der Waals surface area contributed by atoms with Crippen LogP contribution in [0, 0.1) is 10.1 Å². The number of nitrogens with zero attached hydrogens (tertiary/aromatic N) is 2. The van der Waals surface area contributed by atoms with Gasteiger partial charge in [0, 0.05) is 39.8 Å². The fourth-order valence-electron chi connectivity index (χ4n) is 6.46. The smallest absolute Gasteiger partial charge is 0.306 e. The fraction of sp³-hybridized carbons (Fsp3) is 0.629. The number of hydrogen-bond donors (Lipinski definition) is 1. The van der Waals surface area contributed by atoms with Crippen molar-refractivity contribution in [1.82, 2.24) is 5.32 Å². The Hall–Kier alpha value is -3.65. The van der Waals surface area contributed by atoms with E-state index in [2.05, 4.69) is 21.1 Å². The largest absolute Gasteiger partial charge is 0.490 e. The van der Waals surface area contributed by atoms with Gasteiger partial charge in [-0.25, -0.2) is 0 Å². The highest BCUT2D eigenvalue weighted by Gasteiger charge is 2.40. The summed E-state index contributed by atoms with van der Waals surface area (Å²) >= 11 is 0. The predicted octanol–water partition coefficient (Wildman–Crippen LogP) is 4.48. The number of para-hydroxylation sites is 1. The highest BCUT2D eigenvalue weighted by Crippen LogP contribution is 2.34. The molecule has 1 saturated carbocycles. The minimum Gasteiger partial charge on any atom is -0.490 e. The lowest BCUT2D eigenvalue weighted by Crippen LogP contribution is -2.58. The van der Waals surface area contributed by atoms with Crippen molar-refractivity contribution in [2.75, 3.05) is 58.0 Å². The van der Waals surface area contributed by atoms with Gasteiger partial charge in [-0.05, 0) is 74.8 Å². The number of nitrogens with one attached hydrogen (secondary N) is 1. The Balaban J connectivity index is 1.20. The number of hydrogen-bond acceptors (Lipinski definition) is 12. The molecular weight excluding hydrogens is 622 g/mol. The Morgan fingerprint density at radius 1 is 1.00 bits per heavy atom. The first-order chi connectivity index (χ1) is 23.5. The van der Waals surface area contributed by atoms with Gasteiger partial charge in [0.1, 0.15) is 36.4 Å². The van der Waals surface area contributed by atoms with Crippen molar-refractivity contribution < 1.29 is 43.1 Å². The molecule has 2 aromatic carbocycles. The van der Waals surface area contributed by atoms with E-state index >= 15 is 0 Å². The Morgan fingerprint density at radius 2 is 1.79 bits per heavy atom. The number of benzene rings is 2. The summed E-state index contributed by atoms with van der Waals surface area (Å²) in [4.78, 5) is 29.9. The highest BCUT2D eigenvalue weighted by molar-refractivity contribution is 5.69. The third-order valence-corrected chi connectivity index (χ3v) is 8.92. The third-order valence-electron chi connectivity index (χ3n) is 8.92. The van der Waals surface area contributed by atoms with Gasteiger partial charge in [0.2, 0.25) is 0 Å². The highest BCUT2D eigenvalue weighted by atomic mass is 16.9. The molecule has 1 saturated heterocycles. The fourth-order valence-corrected chi connectivity index (χ4v) is 6.46. The number of anilines is 1. The SMILES string of the molecule is COCCCN1CCOc2ccc(COC3CNCC(OC(=O)CCCCO[N+](=O)[O-])C3OC3CCC(Oc4ccccc4)CC3)cc21. The van der Waals surface area contributed by atoms with Crippen molar-refractivity contribution in [2.45, 2.75) is 88.5 Å². The van der Waals surface area contributed by atoms with E-state index < -0.39 is 17.3 Å². The molecule has 0 radical (unpaired) electrons. The molecule has 3 aliphatic rings. The number of fused-ring (bicyclic) bond motifs is 1. The van der Waals surface area contributed by atoms with Gasteiger partial charge in [-0.3, -0.25) is 4.79 Å². The molecule has 2 aliphatic heterocycles. The van der Waals surface area contributed by atoms with Crippen molar-refractivity contribution in [1.29, 1.82) is 0 Å². The molecule has 3 unspecified atom stereocenters. The van der Waals surface area contributed by atoms with Gasteiger partial charge in [0.25, 0.3) is 5.09 Å². The number of unbranched alkanes of at least 4 members (excludes halogenated alkanes) is 1. The molecule has 5 rings (SSSR count). The zero-order valence-electron chi connectivity index (χ0n) is 27.8. The first-order valence-electron chi connectivity index (χ1n) is 17.1. The molecule has 3 atom stereocenters. The summed E-state index contributed by atoms with van der Waals surface area (Å²) in [5.74, 6) is 1.37. The molecule has 2 heterocycles. The van der Waals surface area contributed by atoms with Gasteiger partial charge in [0.05, 0.1) is 37.7 Å². The number of esters is 1. The van der Waals surface area contributed by atoms with Crippen molar-refractivity contribution in [3.8, 4) is 11.5 Å². The van der Waals surface area contributed by atoms with E-state index in [9.17, 15) is 14.9 Å². The maximum Gasteiger partial charge on any atom is 0.306 e. The second kappa shape index (κ2) is 18.8. The molecular formula is C35H49N3O10. The van der Waals surface area contributed by atoms with Crippen LogP contribution in [0.3, 0.4) is 0 Å². The molecule has 2 fully saturated rings. The van der Waals surface area contributed by atoms with Gasteiger partial charge in [-0.15, -0.1) is 10.1 Å². The van der Waals surface area contributed by atoms with Gasteiger partial charge in [-0.1, -0.05) is 24.3 Å². The van der Waals surface area contributed by atoms with Crippen LogP contribution >= 0.6 is 0 Å². The van der Waals surface area contributed by atoms with E-state index in [0.29, 0.717) is 45.8 Å². The molecule has 264 valence electrons. The molecule has 1 N–H and O–H groups in total. The lowest BCUT2D eigenvalue weighted by Gasteiger charge is -2.41. The second-order valence-electron chi connectivity index (χ2n) is 12.5. The Labute approximate surface area is 282 Å². The van der Waals surface area contributed by atoms with Crippen molar-refractivity contribution in [2.24, 2.45) is 0 Å². The summed E-state index contributed by atoms with van der Waals surface area (Å²) in [6.07, 6.45) is 4.01. The third kappa shape index (κ3) is 10.9. The van der Waals surface area contributed by atoms with E-state index in [-0.39, 0.29) is 37.3 Å². The maximum atomic E-state index is 12.8. The first-order valence-corrected chi connectivity index (χ1v) is 17.1. The van der Waals surface area contributed by atoms with Crippen molar-refractivity contribution in [3.05, 3.63) is 64.2 Å². The lowest BCUT2D eigenvalue weighted by atomic mass is 9.93. The summed E-state index contributed by atoms with van der Waals surface area (Å²) in [6, 6.07) is 16.0. The number of piperidine rings is 1. The monoisotopic (exact) mass is 671 g/mol. The minimum atomic E-state index is -0.827. The summed E-state index contributed by atoms with van der Waals surface area (Å²) in [6.45, 7) is 4.36. The van der Waals surface area contributed by atoms with E-state index in [1.807, 2.05) is 42.5 Å². The molecule has 48 heavy (non-hydrogen) atoms. The predicted molar refractivity (Wildman–Crippen MR) is 177 cm³/mol. The van der Waals surface area contributed by atoms with E-state index in [1.165, 1.54) is 0 Å². The maximum absolute atomic E-state index is 12.8. The standard InChI is InChI=1S/C35H49N3O10/c1-42-19-7-17-37-18-21-43-31-16-11-26(22-30(31)37)25-44-32-23-36-24-33(48-34(39)10-5-6-20-45-38(40)41)35(32)47-29-14-12-28(13-15-29)46-27-8-3-2-4-9-27/h2-4,8-9,11,16,22,28-29,32-33,35-36H,5-7,10,12-15,17-21,23-25H2,1H3. The molecule has 0 spiro atoms. The Kier molecular flexibility index (Phi) is 13.9. The van der Waals surface area contributed by atoms with E-state index in [0.717, 1.165) is 67.9 Å². The first kappa shape index (κ1) is 35.7. The number of methoxy groups -OCH3 is 1. The number of ether oxygens (including phenoxy) is 6. The topological polar surface area (TPSA) is 140 Å². The van der Waals surface area contributed by atoms with E-state index in [4.69, 9.17) is 28.4 Å². The van der Waals surface area contributed by atoms with Crippen molar-refractivity contribution in [3.63, 3.8) is 0 Å². The van der Waals surface area contributed by atoms with E-state index in [1.54, 1.807) is 7.11 Å². The van der Waals surface area contributed by atoms with Crippen LogP contribution in [-0.4, -0.2) is 94.7 Å². The van der Waals surface area contributed by atoms with Crippen LogP contribution in [0.25, 0.3) is 0 Å². The van der Waals surface area contributed by atoms with Crippen LogP contribution in [-0.2, 0) is 35.2 Å². The molecule has 0 amide bonds. The van der Waals surface area contributed by atoms with Gasteiger partial charge >= 0.3 is 5.97 Å². The van der Waals surface area contributed by atoms with Crippen LogP contribution in [0.2, 0.25) is 0 Å². The van der Waals surface area contributed by atoms with Gasteiger partial charge in [-0.2, -0.15) is 0 Å². The average molecular weight is 672 g/mol. The molecule has 13 nitrogen and oxygen atoms in total. The quantitative estimate of drug-likeness (QED) is 0.103. The van der Waals surface area contributed by atoms with Crippen molar-refractivity contribution >= 4 is 11.7 Å². The zero-order valence-corrected chi connectivity index (χ0v) is 27.8. The summed E-state index contributed by atoms with van der Waals surface area (Å²) in [5, 5.41) is 12.9. The Morgan fingerprint density at radius 3 is 2.58 bits per heavy atom. The van der Waals surface area contributed by atoms with Crippen LogP contribution in [0.15, 0.2) is 48.5 Å². The molecule has 0 bridgehead atoms. The molecule has 1 aliphatic carbocycles. The molecule has 13 heteroatoms. The summed E-state index contributed by atoms with van der Waals surface area (Å²) in [7, 11) is 1.72. The minimum absolute atomic E-state index is 0.0168. The number of carbonyl (C=O) groups is 1. The second-order valence-corrected chi connectivity index (χ2v) is 12.5. The van der Waals surface area contributed by atoms with Gasteiger partial charge < -0.3 is 43.5 Å². The lowest BCUT2D eigenvalue weighted by molar-refractivity contribution is -0.757. The van der Waals surface area contributed by atoms with Crippen LogP contribution in [0.4, 0.5) is 5.69 Å². The molecule has 0 aromatic heterocycles. The number of carbonyl (C=O) groups excluding carboxylic acids is 1. The summed E-state index contributed by atoms with van der Waals surface area (Å²) in [5.41, 5.74) is 2.07. The van der Waals surface area contributed by atoms with Crippen LogP contribution < -0.4 is 19.7 Å². The normalized spacial score (nSPS) is 23.9. The Bertz CT molecular complexity index is 1280. The summed E-state index contributed by atoms with van der Waals surface area (Å²) < 4.78 is 36.6. The van der Waals surface area contributed by atoms with Crippen LogP contribution in [0.1, 0.15) is 56.9 Å². The van der Waals surface area contributed by atoms with Crippen LogP contribution in [0.5, 0.6) is 11.5 Å². The average Bonchev–Trinajstić information content (AvgIpc) is 3.09. The zero-order chi connectivity index (χ0) is 33.6. The van der Waals surface area contributed by atoms with Gasteiger partial charge in [0.15, 0.2) is 0 Å². The number of rotatable bonds is 18. The molecule has 2 aromatic rings.